The minimum absolute atomic E-state index is 0.644. The van der Waals surface area contributed by atoms with Crippen LogP contribution in [0.5, 0.6) is 5.75 Å². The molecule has 0 saturated carbocycles. The summed E-state index contributed by atoms with van der Waals surface area (Å²) in [6, 6.07) is 15.8. The summed E-state index contributed by atoms with van der Waals surface area (Å²) in [7, 11) is 1.67. The molecule has 0 atom stereocenters. The fourth-order valence-electron chi connectivity index (χ4n) is 1.93. The van der Waals surface area contributed by atoms with E-state index in [1.54, 1.807) is 7.11 Å². The fourth-order valence-corrected chi connectivity index (χ4v) is 2.29. The first kappa shape index (κ1) is 14.4. The van der Waals surface area contributed by atoms with Gasteiger partial charge in [0.25, 0.3) is 0 Å². The number of anilines is 1. The number of nitrogens with one attached hydrogen (secondary N) is 1. The summed E-state index contributed by atoms with van der Waals surface area (Å²) in [5, 5.41) is 12.4. The van der Waals surface area contributed by atoms with Gasteiger partial charge in [-0.25, -0.2) is 0 Å². The molecular weight excluding hydrogens is 316 g/mol. The number of methoxy groups -OCH3 is 1. The minimum atomic E-state index is 0.644. The Hall–Kier alpha value is -1.99. The van der Waals surface area contributed by atoms with Crippen molar-refractivity contribution in [3.8, 4) is 11.8 Å². The Labute approximate surface area is 127 Å². The highest BCUT2D eigenvalue weighted by atomic mass is 79.9. The Morgan fingerprint density at radius 1 is 1.25 bits per heavy atom. The lowest BCUT2D eigenvalue weighted by atomic mass is 10.1. The summed E-state index contributed by atoms with van der Waals surface area (Å²) >= 11 is 3.37. The highest BCUT2D eigenvalue weighted by Crippen LogP contribution is 2.20. The number of ether oxygens (including phenoxy) is 1. The van der Waals surface area contributed by atoms with Crippen molar-refractivity contribution in [2.75, 3.05) is 19.0 Å². The molecule has 0 spiro atoms. The van der Waals surface area contributed by atoms with Crippen molar-refractivity contribution in [2.45, 2.75) is 6.42 Å². The standard InChI is InChI=1S/C16H15BrN2O/c1-20-15-4-2-3-12(9-15)7-8-19-16-6-5-14(17)10-13(16)11-18/h2-6,9-10,19H,7-8H2,1H3. The molecule has 20 heavy (non-hydrogen) atoms. The van der Waals surface area contributed by atoms with Crippen LogP contribution in [0, 0.1) is 11.3 Å². The average molecular weight is 331 g/mol. The molecule has 0 radical (unpaired) electrons. The van der Waals surface area contributed by atoms with E-state index in [2.05, 4.69) is 33.4 Å². The lowest BCUT2D eigenvalue weighted by Crippen LogP contribution is -2.06. The maximum atomic E-state index is 9.10. The second-order valence-electron chi connectivity index (χ2n) is 4.33. The van der Waals surface area contributed by atoms with Crippen LogP contribution in [-0.4, -0.2) is 13.7 Å². The van der Waals surface area contributed by atoms with Crippen LogP contribution in [0.15, 0.2) is 46.9 Å². The molecule has 4 heteroatoms. The van der Waals surface area contributed by atoms with E-state index in [-0.39, 0.29) is 0 Å². The molecule has 0 heterocycles. The third kappa shape index (κ3) is 3.75. The molecule has 2 aromatic carbocycles. The first-order chi connectivity index (χ1) is 9.72. The van der Waals surface area contributed by atoms with Gasteiger partial charge in [0.2, 0.25) is 0 Å². The van der Waals surface area contributed by atoms with E-state index in [9.17, 15) is 0 Å². The lowest BCUT2D eigenvalue weighted by Gasteiger charge is -2.09. The highest BCUT2D eigenvalue weighted by molar-refractivity contribution is 9.10. The molecule has 0 saturated heterocycles. The summed E-state index contributed by atoms with van der Waals surface area (Å²) in [4.78, 5) is 0. The zero-order chi connectivity index (χ0) is 14.4. The van der Waals surface area contributed by atoms with Crippen LogP contribution >= 0.6 is 15.9 Å². The van der Waals surface area contributed by atoms with Gasteiger partial charge in [-0.05, 0) is 42.3 Å². The molecule has 0 amide bonds. The molecule has 3 nitrogen and oxygen atoms in total. The van der Waals surface area contributed by atoms with Crippen LogP contribution in [0.3, 0.4) is 0 Å². The number of rotatable bonds is 5. The first-order valence-corrected chi connectivity index (χ1v) is 7.08. The van der Waals surface area contributed by atoms with Gasteiger partial charge in [0, 0.05) is 11.0 Å². The maximum absolute atomic E-state index is 9.10. The SMILES string of the molecule is COc1cccc(CCNc2ccc(Br)cc2C#N)c1. The van der Waals surface area contributed by atoms with Crippen LogP contribution in [0.4, 0.5) is 5.69 Å². The molecule has 0 bridgehead atoms. The molecule has 0 fully saturated rings. The van der Waals surface area contributed by atoms with E-state index in [0.29, 0.717) is 5.56 Å². The number of nitriles is 1. The smallest absolute Gasteiger partial charge is 0.119 e. The second kappa shape index (κ2) is 6.97. The van der Waals surface area contributed by atoms with Crippen LogP contribution in [0.1, 0.15) is 11.1 Å². The van der Waals surface area contributed by atoms with Crippen molar-refractivity contribution >= 4 is 21.6 Å². The number of benzene rings is 2. The Morgan fingerprint density at radius 2 is 2.10 bits per heavy atom. The van der Waals surface area contributed by atoms with Crippen molar-refractivity contribution < 1.29 is 4.74 Å². The highest BCUT2D eigenvalue weighted by Gasteiger charge is 2.02. The zero-order valence-electron chi connectivity index (χ0n) is 11.2. The van der Waals surface area contributed by atoms with Gasteiger partial charge >= 0.3 is 0 Å². The van der Waals surface area contributed by atoms with E-state index in [4.69, 9.17) is 10.00 Å². The summed E-state index contributed by atoms with van der Waals surface area (Å²) in [5.74, 6) is 0.865. The summed E-state index contributed by atoms with van der Waals surface area (Å²) in [6.45, 7) is 0.767. The van der Waals surface area contributed by atoms with E-state index in [1.165, 1.54) is 5.56 Å². The van der Waals surface area contributed by atoms with Crippen LogP contribution in [-0.2, 0) is 6.42 Å². The predicted molar refractivity (Wildman–Crippen MR) is 84.0 cm³/mol. The second-order valence-corrected chi connectivity index (χ2v) is 5.25. The van der Waals surface area contributed by atoms with Crippen molar-refractivity contribution in [3.63, 3.8) is 0 Å². The molecule has 0 aromatic heterocycles. The van der Waals surface area contributed by atoms with Gasteiger partial charge in [-0.3, -0.25) is 0 Å². The van der Waals surface area contributed by atoms with Crippen LogP contribution < -0.4 is 10.1 Å². The Kier molecular flexibility index (Phi) is 5.03. The Balaban J connectivity index is 1.98. The van der Waals surface area contributed by atoms with Gasteiger partial charge < -0.3 is 10.1 Å². The minimum Gasteiger partial charge on any atom is -0.497 e. The number of nitrogens with zero attached hydrogens (tertiary/aromatic N) is 1. The van der Waals surface area contributed by atoms with Gasteiger partial charge in [-0.1, -0.05) is 28.1 Å². The van der Waals surface area contributed by atoms with E-state index in [0.717, 1.165) is 28.9 Å². The van der Waals surface area contributed by atoms with Gasteiger partial charge in [0.1, 0.15) is 11.8 Å². The molecule has 1 N–H and O–H groups in total. The average Bonchev–Trinajstić information content (AvgIpc) is 2.49. The van der Waals surface area contributed by atoms with Crippen LogP contribution in [0.25, 0.3) is 0 Å². The third-order valence-corrected chi connectivity index (χ3v) is 3.46. The molecule has 2 rings (SSSR count). The molecular formula is C16H15BrN2O. The number of hydrogen-bond donors (Lipinski definition) is 1. The van der Waals surface area contributed by atoms with Gasteiger partial charge in [0.15, 0.2) is 0 Å². The van der Waals surface area contributed by atoms with Crippen LogP contribution in [0.2, 0.25) is 0 Å². The lowest BCUT2D eigenvalue weighted by molar-refractivity contribution is 0.414. The van der Waals surface area contributed by atoms with Crippen molar-refractivity contribution in [1.82, 2.24) is 0 Å². The van der Waals surface area contributed by atoms with E-state index >= 15 is 0 Å². The summed E-state index contributed by atoms with van der Waals surface area (Å²) < 4.78 is 6.11. The van der Waals surface area contributed by atoms with Gasteiger partial charge in [-0.15, -0.1) is 0 Å². The molecule has 0 aliphatic rings. The predicted octanol–water partition coefficient (Wildman–Crippen LogP) is 3.98. The van der Waals surface area contributed by atoms with Crippen molar-refractivity contribution in [2.24, 2.45) is 0 Å². The largest absolute Gasteiger partial charge is 0.497 e. The number of halogens is 1. The fraction of sp³-hybridized carbons (Fsp3) is 0.188. The normalized spacial score (nSPS) is 9.85. The molecule has 0 unspecified atom stereocenters. The zero-order valence-corrected chi connectivity index (χ0v) is 12.8. The van der Waals surface area contributed by atoms with Crippen molar-refractivity contribution in [1.29, 1.82) is 5.26 Å². The van der Waals surface area contributed by atoms with Gasteiger partial charge in [-0.2, -0.15) is 5.26 Å². The topological polar surface area (TPSA) is 45.0 Å². The van der Waals surface area contributed by atoms with E-state index < -0.39 is 0 Å². The first-order valence-electron chi connectivity index (χ1n) is 6.29. The molecule has 0 aliphatic carbocycles. The quantitative estimate of drug-likeness (QED) is 0.901. The third-order valence-electron chi connectivity index (χ3n) is 2.97. The Morgan fingerprint density at radius 3 is 2.85 bits per heavy atom. The molecule has 0 aliphatic heterocycles. The molecule has 2 aromatic rings. The maximum Gasteiger partial charge on any atom is 0.119 e. The number of hydrogen-bond acceptors (Lipinski definition) is 3. The van der Waals surface area contributed by atoms with E-state index in [1.807, 2.05) is 36.4 Å². The molecule has 102 valence electrons. The van der Waals surface area contributed by atoms with Crippen molar-refractivity contribution in [3.05, 3.63) is 58.1 Å². The Bertz CT molecular complexity index is 635. The monoisotopic (exact) mass is 330 g/mol. The summed E-state index contributed by atoms with van der Waals surface area (Å²) in [5.41, 5.74) is 2.70. The van der Waals surface area contributed by atoms with Gasteiger partial charge in [0.05, 0.1) is 18.4 Å². The summed E-state index contributed by atoms with van der Waals surface area (Å²) in [6.07, 6.45) is 0.873.